The van der Waals surface area contributed by atoms with Gasteiger partial charge in [0, 0.05) is 17.8 Å². The summed E-state index contributed by atoms with van der Waals surface area (Å²) in [5, 5.41) is 10.8. The molecule has 2 aromatic rings. The maximum atomic E-state index is 12.7. The predicted molar refractivity (Wildman–Crippen MR) is 63.4 cm³/mol. The van der Waals surface area contributed by atoms with Crippen molar-refractivity contribution in [2.24, 2.45) is 0 Å². The lowest BCUT2D eigenvalue weighted by Crippen LogP contribution is -2.06. The Balaban J connectivity index is 2.82. The second-order valence-corrected chi connectivity index (χ2v) is 4.10. The number of pyridine rings is 1. The third kappa shape index (κ3) is 2.44. The van der Waals surface area contributed by atoms with Gasteiger partial charge < -0.3 is 0 Å². The first-order chi connectivity index (χ1) is 9.20. The lowest BCUT2D eigenvalue weighted by atomic mass is 10.1. The molecule has 0 atom stereocenters. The number of benzene rings is 1. The summed E-state index contributed by atoms with van der Waals surface area (Å²) in [5.74, 6) is -0.381. The van der Waals surface area contributed by atoms with Crippen LogP contribution in [0, 0.1) is 10.1 Å². The largest absolute Gasteiger partial charge is 0.416 e. The molecule has 0 saturated heterocycles. The van der Waals surface area contributed by atoms with Gasteiger partial charge in [-0.25, -0.2) is 0 Å². The van der Waals surface area contributed by atoms with E-state index in [1.54, 1.807) is 0 Å². The number of nitro groups is 1. The maximum absolute atomic E-state index is 12.7. The number of nitrogens with zero attached hydrogens (tertiary/aromatic N) is 2. The molecular formula is C12H7F3N2O3. The van der Waals surface area contributed by atoms with E-state index in [0.717, 1.165) is 6.20 Å². The number of rotatable bonds is 2. The standard InChI is InChI=1S/C12H7F3N2O3/c1-6(18)7-2-9-10(16-5-7)3-8(12(13,14)15)4-11(9)17(19)20/h2-5H,1H3. The highest BCUT2D eigenvalue weighted by molar-refractivity contribution is 5.99. The third-order valence-corrected chi connectivity index (χ3v) is 2.71. The number of fused-ring (bicyclic) bond motifs is 1. The van der Waals surface area contributed by atoms with E-state index in [1.807, 2.05) is 0 Å². The number of Topliss-reactive ketones (excluding diaryl/α,β-unsaturated/α-hetero) is 1. The van der Waals surface area contributed by atoms with Crippen molar-refractivity contribution in [2.45, 2.75) is 13.1 Å². The van der Waals surface area contributed by atoms with Crippen LogP contribution in [0.4, 0.5) is 18.9 Å². The van der Waals surface area contributed by atoms with Crippen LogP contribution in [-0.2, 0) is 6.18 Å². The summed E-state index contributed by atoms with van der Waals surface area (Å²) in [7, 11) is 0. The molecule has 0 fully saturated rings. The van der Waals surface area contributed by atoms with Gasteiger partial charge in [-0.3, -0.25) is 19.9 Å². The molecule has 1 aromatic carbocycles. The van der Waals surface area contributed by atoms with Crippen molar-refractivity contribution in [3.05, 3.63) is 45.6 Å². The van der Waals surface area contributed by atoms with Crippen LogP contribution in [0.2, 0.25) is 0 Å². The summed E-state index contributed by atoms with van der Waals surface area (Å²) < 4.78 is 38.0. The second-order valence-electron chi connectivity index (χ2n) is 4.10. The molecule has 0 saturated carbocycles. The van der Waals surface area contributed by atoms with Gasteiger partial charge >= 0.3 is 6.18 Å². The quantitative estimate of drug-likeness (QED) is 0.481. The van der Waals surface area contributed by atoms with Crippen molar-refractivity contribution < 1.29 is 22.9 Å². The number of hydrogen-bond donors (Lipinski definition) is 0. The average Bonchev–Trinajstić information content (AvgIpc) is 2.35. The average molecular weight is 284 g/mol. The number of ketones is 1. The summed E-state index contributed by atoms with van der Waals surface area (Å²) in [6, 6.07) is 2.32. The smallest absolute Gasteiger partial charge is 0.294 e. The normalized spacial score (nSPS) is 11.6. The van der Waals surface area contributed by atoms with Gasteiger partial charge in [-0.1, -0.05) is 0 Å². The van der Waals surface area contributed by atoms with E-state index in [2.05, 4.69) is 4.98 Å². The molecule has 1 heterocycles. The minimum absolute atomic E-state index is 0.0976. The molecule has 2 rings (SSSR count). The molecule has 0 spiro atoms. The summed E-state index contributed by atoms with van der Waals surface area (Å²) >= 11 is 0. The SMILES string of the molecule is CC(=O)c1cnc2cc(C(F)(F)F)cc([N+](=O)[O-])c2c1. The van der Waals surface area contributed by atoms with Crippen LogP contribution in [0.15, 0.2) is 24.4 Å². The Morgan fingerprint density at radius 2 is 1.95 bits per heavy atom. The van der Waals surface area contributed by atoms with Gasteiger partial charge in [-0.05, 0) is 19.1 Å². The zero-order valence-electron chi connectivity index (χ0n) is 10.1. The highest BCUT2D eigenvalue weighted by Gasteiger charge is 2.33. The van der Waals surface area contributed by atoms with Gasteiger partial charge in [-0.2, -0.15) is 13.2 Å². The Morgan fingerprint density at radius 1 is 1.30 bits per heavy atom. The van der Waals surface area contributed by atoms with E-state index in [0.29, 0.717) is 12.1 Å². The topological polar surface area (TPSA) is 73.1 Å². The molecule has 0 aliphatic heterocycles. The highest BCUT2D eigenvalue weighted by atomic mass is 19.4. The molecule has 20 heavy (non-hydrogen) atoms. The molecular weight excluding hydrogens is 277 g/mol. The molecule has 1 aromatic heterocycles. The number of alkyl halides is 3. The zero-order chi connectivity index (χ0) is 15.1. The van der Waals surface area contributed by atoms with E-state index >= 15 is 0 Å². The Morgan fingerprint density at radius 3 is 2.45 bits per heavy atom. The number of aromatic nitrogens is 1. The van der Waals surface area contributed by atoms with E-state index in [1.165, 1.54) is 13.0 Å². The van der Waals surface area contributed by atoms with Crippen molar-refractivity contribution in [1.82, 2.24) is 4.98 Å². The highest BCUT2D eigenvalue weighted by Crippen LogP contribution is 2.35. The Labute approximate surface area is 110 Å². The molecule has 0 N–H and O–H groups in total. The van der Waals surface area contributed by atoms with Gasteiger partial charge in [0.05, 0.1) is 21.4 Å². The molecule has 0 radical (unpaired) electrons. The van der Waals surface area contributed by atoms with E-state index in [9.17, 15) is 28.1 Å². The number of hydrogen-bond acceptors (Lipinski definition) is 4. The van der Waals surface area contributed by atoms with Gasteiger partial charge in [0.25, 0.3) is 5.69 Å². The van der Waals surface area contributed by atoms with Crippen LogP contribution in [0.3, 0.4) is 0 Å². The van der Waals surface area contributed by atoms with Crippen molar-refractivity contribution in [3.63, 3.8) is 0 Å². The number of carbonyl (C=O) groups excluding carboxylic acids is 1. The first-order valence-electron chi connectivity index (χ1n) is 5.36. The van der Waals surface area contributed by atoms with Crippen molar-refractivity contribution in [3.8, 4) is 0 Å². The van der Waals surface area contributed by atoms with Crippen molar-refractivity contribution >= 4 is 22.4 Å². The Kier molecular flexibility index (Phi) is 3.16. The number of halogens is 3. The summed E-state index contributed by atoms with van der Waals surface area (Å²) in [4.78, 5) is 24.9. The van der Waals surface area contributed by atoms with Gasteiger partial charge in [0.2, 0.25) is 0 Å². The first kappa shape index (κ1) is 13.9. The van der Waals surface area contributed by atoms with Crippen LogP contribution in [-0.4, -0.2) is 15.7 Å². The van der Waals surface area contributed by atoms with Crippen molar-refractivity contribution in [2.75, 3.05) is 0 Å². The molecule has 0 bridgehead atoms. The molecule has 8 heteroatoms. The Hall–Kier alpha value is -2.51. The minimum Gasteiger partial charge on any atom is -0.294 e. The van der Waals surface area contributed by atoms with Gasteiger partial charge in [0.1, 0.15) is 0 Å². The van der Waals surface area contributed by atoms with Crippen molar-refractivity contribution in [1.29, 1.82) is 0 Å². The minimum atomic E-state index is -4.71. The fourth-order valence-corrected chi connectivity index (χ4v) is 1.72. The third-order valence-electron chi connectivity index (χ3n) is 2.71. The molecule has 0 aliphatic rings. The monoisotopic (exact) mass is 284 g/mol. The number of nitro benzene ring substituents is 1. The van der Waals surface area contributed by atoms with Gasteiger partial charge in [0.15, 0.2) is 5.78 Å². The Bertz CT molecular complexity index is 726. The second kappa shape index (κ2) is 4.55. The zero-order valence-corrected chi connectivity index (χ0v) is 10.1. The number of carbonyl (C=O) groups is 1. The first-order valence-corrected chi connectivity index (χ1v) is 5.36. The number of non-ortho nitro benzene ring substituents is 1. The van der Waals surface area contributed by atoms with E-state index in [4.69, 9.17) is 0 Å². The summed E-state index contributed by atoms with van der Waals surface area (Å²) in [6.45, 7) is 1.23. The van der Waals surface area contributed by atoms with Crippen LogP contribution in [0.5, 0.6) is 0 Å². The fourth-order valence-electron chi connectivity index (χ4n) is 1.72. The summed E-state index contributed by atoms with van der Waals surface area (Å²) in [5.41, 5.74) is -1.97. The molecule has 5 nitrogen and oxygen atoms in total. The molecule has 0 unspecified atom stereocenters. The lowest BCUT2D eigenvalue weighted by molar-refractivity contribution is -0.383. The molecule has 0 amide bonds. The van der Waals surface area contributed by atoms with Crippen LogP contribution < -0.4 is 0 Å². The predicted octanol–water partition coefficient (Wildman–Crippen LogP) is 3.36. The fraction of sp³-hybridized carbons (Fsp3) is 0.167. The molecule has 0 aliphatic carbocycles. The van der Waals surface area contributed by atoms with Crippen LogP contribution in [0.25, 0.3) is 10.9 Å². The maximum Gasteiger partial charge on any atom is 0.416 e. The van der Waals surface area contributed by atoms with E-state index in [-0.39, 0.29) is 22.2 Å². The summed E-state index contributed by atoms with van der Waals surface area (Å²) in [6.07, 6.45) is -3.62. The molecule has 104 valence electrons. The van der Waals surface area contributed by atoms with Crippen LogP contribution in [0.1, 0.15) is 22.8 Å². The van der Waals surface area contributed by atoms with Crippen LogP contribution >= 0.6 is 0 Å². The van der Waals surface area contributed by atoms with Gasteiger partial charge in [-0.15, -0.1) is 0 Å². The lowest BCUT2D eigenvalue weighted by Gasteiger charge is -2.08. The van der Waals surface area contributed by atoms with E-state index < -0.39 is 22.4 Å².